The molecule has 0 radical (unpaired) electrons. The summed E-state index contributed by atoms with van der Waals surface area (Å²) in [5.74, 6) is 1.08. The van der Waals surface area contributed by atoms with Crippen LogP contribution in [0, 0.1) is 0 Å². The zero-order chi connectivity index (χ0) is 24.0. The highest BCUT2D eigenvalue weighted by Gasteiger charge is 2.19. The maximum Gasteiger partial charge on any atom is 0.251 e. The van der Waals surface area contributed by atoms with Crippen LogP contribution in [0.4, 0.5) is 5.69 Å². The molecule has 7 nitrogen and oxygen atoms in total. The van der Waals surface area contributed by atoms with Crippen LogP contribution < -0.4 is 19.1 Å². The highest BCUT2D eigenvalue weighted by Crippen LogP contribution is 2.29. The average molecular weight is 469 g/mol. The van der Waals surface area contributed by atoms with Crippen molar-refractivity contribution in [3.63, 3.8) is 0 Å². The Morgan fingerprint density at radius 1 is 0.970 bits per heavy atom. The molecule has 8 heteroatoms. The van der Waals surface area contributed by atoms with E-state index in [2.05, 4.69) is 5.32 Å². The van der Waals surface area contributed by atoms with Crippen LogP contribution in [0.2, 0.25) is 0 Å². The Bertz CT molecular complexity index is 1200. The summed E-state index contributed by atoms with van der Waals surface area (Å²) < 4.78 is 36.6. The maximum atomic E-state index is 12.8. The van der Waals surface area contributed by atoms with Crippen molar-refractivity contribution < 1.29 is 22.7 Å². The molecule has 0 saturated heterocycles. The van der Waals surface area contributed by atoms with Gasteiger partial charge in [0.25, 0.3) is 5.91 Å². The van der Waals surface area contributed by atoms with Gasteiger partial charge in [-0.3, -0.25) is 9.10 Å². The minimum atomic E-state index is -3.47. The summed E-state index contributed by atoms with van der Waals surface area (Å²) in [6, 6.07) is 20.9. The minimum Gasteiger partial charge on any atom is -0.497 e. The van der Waals surface area contributed by atoms with E-state index in [-0.39, 0.29) is 18.5 Å². The van der Waals surface area contributed by atoms with E-state index in [4.69, 9.17) is 9.47 Å². The van der Waals surface area contributed by atoms with Crippen molar-refractivity contribution in [1.82, 2.24) is 5.32 Å². The number of rotatable bonds is 9. The molecular weight excluding hydrogens is 440 g/mol. The monoisotopic (exact) mass is 468 g/mol. The Morgan fingerprint density at radius 3 is 2.21 bits per heavy atom. The summed E-state index contributed by atoms with van der Waals surface area (Å²) in [5, 5.41) is 2.97. The van der Waals surface area contributed by atoms with Gasteiger partial charge in [0.2, 0.25) is 10.0 Å². The van der Waals surface area contributed by atoms with E-state index in [0.29, 0.717) is 22.7 Å². The van der Waals surface area contributed by atoms with Crippen LogP contribution in [-0.4, -0.2) is 34.8 Å². The number of benzene rings is 3. The number of nitrogens with zero attached hydrogens (tertiary/aromatic N) is 1. The molecule has 0 saturated carbocycles. The normalized spacial score (nSPS) is 12.0. The van der Waals surface area contributed by atoms with Crippen molar-refractivity contribution in [2.24, 2.45) is 0 Å². The van der Waals surface area contributed by atoms with E-state index >= 15 is 0 Å². The first kappa shape index (κ1) is 24.1. The molecule has 0 fully saturated rings. The standard InChI is InChI=1S/C25H28N2O5S/c1-18(23-16-22(31-2)14-15-24(23)32-3)26-25(28)20-12-10-19(11-13-20)17-27(33(4,29)30)21-8-6-5-7-9-21/h5-16,18H,17H2,1-4H3,(H,26,28)/t18-/m0/s1. The lowest BCUT2D eigenvalue weighted by atomic mass is 10.1. The van der Waals surface area contributed by atoms with Gasteiger partial charge in [-0.15, -0.1) is 0 Å². The molecule has 0 spiro atoms. The molecule has 0 aliphatic heterocycles. The fourth-order valence-electron chi connectivity index (χ4n) is 3.46. The third kappa shape index (κ3) is 6.04. The first-order chi connectivity index (χ1) is 15.7. The highest BCUT2D eigenvalue weighted by molar-refractivity contribution is 7.92. The fraction of sp³-hybridized carbons (Fsp3) is 0.240. The molecule has 0 aliphatic carbocycles. The zero-order valence-corrected chi connectivity index (χ0v) is 19.9. The second kappa shape index (κ2) is 10.4. The van der Waals surface area contributed by atoms with E-state index in [1.54, 1.807) is 74.9 Å². The smallest absolute Gasteiger partial charge is 0.251 e. The maximum absolute atomic E-state index is 12.8. The summed E-state index contributed by atoms with van der Waals surface area (Å²) in [6.45, 7) is 2.04. The lowest BCUT2D eigenvalue weighted by Crippen LogP contribution is -2.29. The van der Waals surface area contributed by atoms with Crippen molar-refractivity contribution in [1.29, 1.82) is 0 Å². The molecule has 0 aliphatic rings. The Morgan fingerprint density at radius 2 is 1.64 bits per heavy atom. The SMILES string of the molecule is COc1ccc(OC)c([C@H](C)NC(=O)c2ccc(CN(c3ccccc3)S(C)(=O)=O)cc2)c1. The number of ether oxygens (including phenoxy) is 2. The van der Waals surface area contributed by atoms with Gasteiger partial charge in [-0.2, -0.15) is 0 Å². The molecule has 0 aromatic heterocycles. The molecule has 1 amide bonds. The number of methoxy groups -OCH3 is 2. The van der Waals surface area contributed by atoms with E-state index < -0.39 is 10.0 Å². The van der Waals surface area contributed by atoms with Gasteiger partial charge >= 0.3 is 0 Å². The van der Waals surface area contributed by atoms with Gasteiger partial charge in [-0.25, -0.2) is 8.42 Å². The van der Waals surface area contributed by atoms with Crippen LogP contribution in [0.25, 0.3) is 0 Å². The topological polar surface area (TPSA) is 84.9 Å². The molecule has 3 aromatic rings. The van der Waals surface area contributed by atoms with E-state index in [9.17, 15) is 13.2 Å². The Kier molecular flexibility index (Phi) is 7.60. The van der Waals surface area contributed by atoms with Crippen molar-refractivity contribution in [3.05, 3.63) is 89.5 Å². The lowest BCUT2D eigenvalue weighted by molar-refractivity contribution is 0.0939. The number of carbonyl (C=O) groups excluding carboxylic acids is 1. The van der Waals surface area contributed by atoms with Crippen molar-refractivity contribution in [2.45, 2.75) is 19.5 Å². The molecule has 3 aromatic carbocycles. The van der Waals surface area contributed by atoms with Gasteiger partial charge in [0.15, 0.2) is 0 Å². The van der Waals surface area contributed by atoms with Gasteiger partial charge in [-0.05, 0) is 55.0 Å². The minimum absolute atomic E-state index is 0.169. The summed E-state index contributed by atoms with van der Waals surface area (Å²) in [7, 11) is -0.310. The van der Waals surface area contributed by atoms with Crippen molar-refractivity contribution in [2.75, 3.05) is 24.8 Å². The quantitative estimate of drug-likeness (QED) is 0.510. The molecule has 174 valence electrons. The van der Waals surface area contributed by atoms with Crippen LogP contribution in [0.3, 0.4) is 0 Å². The van der Waals surface area contributed by atoms with Gasteiger partial charge in [-0.1, -0.05) is 30.3 Å². The predicted molar refractivity (Wildman–Crippen MR) is 129 cm³/mol. The van der Waals surface area contributed by atoms with Gasteiger partial charge in [0.05, 0.1) is 38.7 Å². The largest absolute Gasteiger partial charge is 0.497 e. The lowest BCUT2D eigenvalue weighted by Gasteiger charge is -2.22. The van der Waals surface area contributed by atoms with Gasteiger partial charge < -0.3 is 14.8 Å². The fourth-order valence-corrected chi connectivity index (χ4v) is 4.35. The molecule has 0 bridgehead atoms. The van der Waals surface area contributed by atoms with Gasteiger partial charge in [0.1, 0.15) is 11.5 Å². The molecule has 33 heavy (non-hydrogen) atoms. The van der Waals surface area contributed by atoms with Crippen LogP contribution in [-0.2, 0) is 16.6 Å². The highest BCUT2D eigenvalue weighted by atomic mass is 32.2. The molecule has 1 N–H and O–H groups in total. The third-order valence-corrected chi connectivity index (χ3v) is 6.38. The number of sulfonamides is 1. The summed E-state index contributed by atoms with van der Waals surface area (Å²) in [5.41, 5.74) is 2.62. The Labute approximate surface area is 195 Å². The number of carbonyl (C=O) groups is 1. The van der Waals surface area contributed by atoms with E-state index in [1.165, 1.54) is 10.6 Å². The van der Waals surface area contributed by atoms with Crippen molar-refractivity contribution in [3.8, 4) is 11.5 Å². The van der Waals surface area contributed by atoms with Crippen molar-refractivity contribution >= 4 is 21.6 Å². The van der Waals surface area contributed by atoms with Gasteiger partial charge in [0, 0.05) is 11.1 Å². The summed E-state index contributed by atoms with van der Waals surface area (Å²) in [4.78, 5) is 12.8. The number of anilines is 1. The predicted octanol–water partition coefficient (Wildman–Crippen LogP) is 4.16. The molecule has 0 unspecified atom stereocenters. The second-order valence-corrected chi connectivity index (χ2v) is 9.51. The first-order valence-corrected chi connectivity index (χ1v) is 12.2. The zero-order valence-electron chi connectivity index (χ0n) is 19.1. The van der Waals surface area contributed by atoms with Crippen LogP contribution in [0.5, 0.6) is 11.5 Å². The van der Waals surface area contributed by atoms with Crippen LogP contribution in [0.15, 0.2) is 72.8 Å². The summed E-state index contributed by atoms with van der Waals surface area (Å²) in [6.07, 6.45) is 1.18. The van der Waals surface area contributed by atoms with E-state index in [0.717, 1.165) is 11.1 Å². The number of hydrogen-bond acceptors (Lipinski definition) is 5. The number of nitrogens with one attached hydrogen (secondary N) is 1. The average Bonchev–Trinajstić information content (AvgIpc) is 2.82. The number of hydrogen-bond donors (Lipinski definition) is 1. The third-order valence-electron chi connectivity index (χ3n) is 5.24. The summed E-state index contributed by atoms with van der Waals surface area (Å²) >= 11 is 0. The molecule has 0 heterocycles. The Balaban J connectivity index is 1.74. The second-order valence-electron chi connectivity index (χ2n) is 7.61. The first-order valence-electron chi connectivity index (χ1n) is 10.4. The molecule has 3 rings (SSSR count). The molecule has 1 atom stereocenters. The molecular formula is C25H28N2O5S. The number of amides is 1. The van der Waals surface area contributed by atoms with E-state index in [1.807, 2.05) is 19.1 Å². The van der Waals surface area contributed by atoms with Crippen LogP contribution >= 0.6 is 0 Å². The number of para-hydroxylation sites is 1. The van der Waals surface area contributed by atoms with Crippen LogP contribution in [0.1, 0.15) is 34.5 Å². The Hall–Kier alpha value is -3.52.